The van der Waals surface area contributed by atoms with Crippen LogP contribution in [0.15, 0.2) is 42.5 Å². The fourth-order valence-electron chi connectivity index (χ4n) is 2.17. The summed E-state index contributed by atoms with van der Waals surface area (Å²) >= 11 is 0. The van der Waals surface area contributed by atoms with Gasteiger partial charge in [0.1, 0.15) is 11.6 Å². The smallest absolute Gasteiger partial charge is 0.141 e. The molecule has 0 aliphatic heterocycles. The van der Waals surface area contributed by atoms with Crippen LogP contribution in [-0.2, 0) is 13.1 Å². The van der Waals surface area contributed by atoms with Crippen molar-refractivity contribution in [3.8, 4) is 5.75 Å². The van der Waals surface area contributed by atoms with E-state index in [4.69, 9.17) is 10.5 Å². The summed E-state index contributed by atoms with van der Waals surface area (Å²) in [6.07, 6.45) is 0. The number of nitrogen functional groups attached to an aromatic ring is 1. The van der Waals surface area contributed by atoms with Gasteiger partial charge in [-0.2, -0.15) is 0 Å². The van der Waals surface area contributed by atoms with Gasteiger partial charge in [-0.3, -0.25) is 4.90 Å². The lowest BCUT2D eigenvalue weighted by Gasteiger charge is -2.18. The van der Waals surface area contributed by atoms with E-state index in [0.29, 0.717) is 30.1 Å². The van der Waals surface area contributed by atoms with E-state index in [1.54, 1.807) is 19.2 Å². The van der Waals surface area contributed by atoms with E-state index >= 15 is 0 Å². The molecule has 0 saturated heterocycles. The molecule has 20 heavy (non-hydrogen) atoms. The minimum atomic E-state index is -0.173. The van der Waals surface area contributed by atoms with E-state index in [0.717, 1.165) is 5.56 Å². The van der Waals surface area contributed by atoms with Crippen LogP contribution >= 0.6 is 0 Å². The Labute approximate surface area is 118 Å². The Hall–Kier alpha value is -2.07. The highest BCUT2D eigenvalue weighted by Crippen LogP contribution is 2.22. The second-order valence-electron chi connectivity index (χ2n) is 4.84. The van der Waals surface area contributed by atoms with Crippen LogP contribution in [0.5, 0.6) is 5.75 Å². The van der Waals surface area contributed by atoms with E-state index in [9.17, 15) is 4.39 Å². The highest BCUT2D eigenvalue weighted by atomic mass is 19.1. The van der Waals surface area contributed by atoms with Gasteiger partial charge in [0.05, 0.1) is 12.8 Å². The molecule has 0 saturated carbocycles. The van der Waals surface area contributed by atoms with Crippen LogP contribution in [0.1, 0.15) is 11.1 Å². The zero-order chi connectivity index (χ0) is 14.5. The predicted octanol–water partition coefficient (Wildman–Crippen LogP) is 3.05. The molecule has 0 unspecified atom stereocenters. The third-order valence-electron chi connectivity index (χ3n) is 3.14. The Morgan fingerprint density at radius 3 is 2.55 bits per heavy atom. The number of ether oxygens (including phenoxy) is 1. The van der Waals surface area contributed by atoms with Gasteiger partial charge in [-0.15, -0.1) is 0 Å². The number of nitrogens with two attached hydrogens (primary N) is 1. The zero-order valence-corrected chi connectivity index (χ0v) is 11.8. The monoisotopic (exact) mass is 274 g/mol. The van der Waals surface area contributed by atoms with E-state index in [-0.39, 0.29) is 5.82 Å². The number of hydrogen-bond donors (Lipinski definition) is 1. The molecule has 0 aliphatic rings. The first-order valence-electron chi connectivity index (χ1n) is 6.44. The molecule has 0 spiro atoms. The van der Waals surface area contributed by atoms with Gasteiger partial charge in [0, 0.05) is 18.7 Å². The van der Waals surface area contributed by atoms with Crippen molar-refractivity contribution in [2.45, 2.75) is 13.1 Å². The lowest BCUT2D eigenvalue weighted by molar-refractivity contribution is 0.313. The molecule has 2 rings (SSSR count). The minimum Gasteiger partial charge on any atom is -0.495 e. The molecular weight excluding hydrogens is 255 g/mol. The second kappa shape index (κ2) is 6.39. The third-order valence-corrected chi connectivity index (χ3v) is 3.14. The van der Waals surface area contributed by atoms with Crippen molar-refractivity contribution >= 4 is 5.69 Å². The number of halogens is 1. The fourth-order valence-corrected chi connectivity index (χ4v) is 2.17. The summed E-state index contributed by atoms with van der Waals surface area (Å²) in [5.74, 6) is 0.499. The molecule has 3 nitrogen and oxygen atoms in total. The molecular formula is C16H19FN2O. The van der Waals surface area contributed by atoms with Gasteiger partial charge in [-0.1, -0.05) is 24.3 Å². The zero-order valence-electron chi connectivity index (χ0n) is 11.8. The van der Waals surface area contributed by atoms with Crippen molar-refractivity contribution in [1.29, 1.82) is 0 Å². The van der Waals surface area contributed by atoms with Crippen molar-refractivity contribution in [2.24, 2.45) is 0 Å². The summed E-state index contributed by atoms with van der Waals surface area (Å²) in [5.41, 5.74) is 8.26. The maximum absolute atomic E-state index is 13.6. The fraction of sp³-hybridized carbons (Fsp3) is 0.250. The minimum absolute atomic E-state index is 0.173. The highest BCUT2D eigenvalue weighted by molar-refractivity contribution is 5.54. The molecule has 0 fully saturated rings. The molecule has 2 aromatic rings. The van der Waals surface area contributed by atoms with Crippen molar-refractivity contribution < 1.29 is 9.13 Å². The van der Waals surface area contributed by atoms with Crippen molar-refractivity contribution in [3.63, 3.8) is 0 Å². The van der Waals surface area contributed by atoms with Crippen LogP contribution in [-0.4, -0.2) is 19.1 Å². The quantitative estimate of drug-likeness (QED) is 0.852. The largest absolute Gasteiger partial charge is 0.495 e. The summed E-state index contributed by atoms with van der Waals surface area (Å²) in [7, 11) is 3.54. The molecule has 2 N–H and O–H groups in total. The average molecular weight is 274 g/mol. The van der Waals surface area contributed by atoms with Gasteiger partial charge >= 0.3 is 0 Å². The van der Waals surface area contributed by atoms with Gasteiger partial charge in [-0.25, -0.2) is 4.39 Å². The van der Waals surface area contributed by atoms with Gasteiger partial charge in [0.15, 0.2) is 0 Å². The van der Waals surface area contributed by atoms with Crippen LogP contribution in [0.2, 0.25) is 0 Å². The summed E-state index contributed by atoms with van der Waals surface area (Å²) in [4.78, 5) is 2.04. The van der Waals surface area contributed by atoms with Crippen molar-refractivity contribution in [1.82, 2.24) is 4.90 Å². The standard InChI is InChI=1S/C16H19FN2O/c1-19(11-13-5-3-4-6-14(13)17)10-12-7-8-16(20-2)15(18)9-12/h3-9H,10-11,18H2,1-2H3. The van der Waals surface area contributed by atoms with Crippen LogP contribution < -0.4 is 10.5 Å². The van der Waals surface area contributed by atoms with Crippen LogP contribution in [0.25, 0.3) is 0 Å². The summed E-state index contributed by atoms with van der Waals surface area (Å²) in [6.45, 7) is 1.25. The third kappa shape index (κ3) is 3.48. The maximum atomic E-state index is 13.6. The van der Waals surface area contributed by atoms with E-state index in [2.05, 4.69) is 0 Å². The Balaban J connectivity index is 2.03. The predicted molar refractivity (Wildman–Crippen MR) is 79.0 cm³/mol. The Morgan fingerprint density at radius 2 is 1.90 bits per heavy atom. The second-order valence-corrected chi connectivity index (χ2v) is 4.84. The first kappa shape index (κ1) is 14.3. The molecule has 0 atom stereocenters. The number of hydrogen-bond acceptors (Lipinski definition) is 3. The van der Waals surface area contributed by atoms with Crippen LogP contribution in [0.4, 0.5) is 10.1 Å². The number of nitrogens with zero attached hydrogens (tertiary/aromatic N) is 1. The lowest BCUT2D eigenvalue weighted by Crippen LogP contribution is -2.18. The Morgan fingerprint density at radius 1 is 1.15 bits per heavy atom. The Kier molecular flexibility index (Phi) is 4.58. The molecule has 0 radical (unpaired) electrons. The molecule has 106 valence electrons. The SMILES string of the molecule is COc1ccc(CN(C)Cc2ccccc2F)cc1N. The number of anilines is 1. The molecule has 0 aromatic heterocycles. The summed E-state index contributed by atoms with van der Waals surface area (Å²) in [6, 6.07) is 12.5. The van der Waals surface area contributed by atoms with Crippen LogP contribution in [0, 0.1) is 5.82 Å². The number of methoxy groups -OCH3 is 1. The van der Waals surface area contributed by atoms with Gasteiger partial charge in [-0.05, 0) is 30.8 Å². The Bertz CT molecular complexity index is 586. The van der Waals surface area contributed by atoms with Gasteiger partial charge in [0.25, 0.3) is 0 Å². The van der Waals surface area contributed by atoms with E-state index < -0.39 is 0 Å². The first-order valence-corrected chi connectivity index (χ1v) is 6.44. The molecule has 0 amide bonds. The molecule has 0 bridgehead atoms. The van der Waals surface area contributed by atoms with Gasteiger partial charge < -0.3 is 10.5 Å². The van der Waals surface area contributed by atoms with E-state index in [1.165, 1.54) is 6.07 Å². The van der Waals surface area contributed by atoms with Crippen LogP contribution in [0.3, 0.4) is 0 Å². The normalized spacial score (nSPS) is 10.8. The topological polar surface area (TPSA) is 38.5 Å². The highest BCUT2D eigenvalue weighted by Gasteiger charge is 2.07. The van der Waals surface area contributed by atoms with E-state index in [1.807, 2.05) is 36.2 Å². The number of rotatable bonds is 5. The molecule has 2 aromatic carbocycles. The lowest BCUT2D eigenvalue weighted by atomic mass is 10.1. The van der Waals surface area contributed by atoms with Gasteiger partial charge in [0.2, 0.25) is 0 Å². The maximum Gasteiger partial charge on any atom is 0.141 e. The molecule has 0 heterocycles. The number of benzene rings is 2. The average Bonchev–Trinajstić information content (AvgIpc) is 2.41. The summed E-state index contributed by atoms with van der Waals surface area (Å²) < 4.78 is 18.7. The van der Waals surface area contributed by atoms with Crippen molar-refractivity contribution in [3.05, 3.63) is 59.4 Å². The molecule has 4 heteroatoms. The molecule has 0 aliphatic carbocycles. The van der Waals surface area contributed by atoms with Crippen molar-refractivity contribution in [2.75, 3.05) is 19.9 Å². The summed E-state index contributed by atoms with van der Waals surface area (Å²) in [5, 5.41) is 0. The first-order chi connectivity index (χ1) is 9.60.